The van der Waals surface area contributed by atoms with E-state index in [0.717, 1.165) is 25.8 Å². The maximum absolute atomic E-state index is 4.07. The normalized spacial score (nSPS) is 15.2. The molecule has 0 aliphatic carbocycles. The fraction of sp³-hybridized carbons (Fsp3) is 0.941. The molecular weight excluding hydrogens is 1560 g/mol. The maximum atomic E-state index is 4.07. The fourth-order valence-corrected chi connectivity index (χ4v) is 17.7. The van der Waals surface area contributed by atoms with Crippen molar-refractivity contribution < 1.29 is 0 Å². The van der Waals surface area contributed by atoms with Gasteiger partial charge in [0.05, 0.1) is 16.6 Å². The van der Waals surface area contributed by atoms with Crippen molar-refractivity contribution in [1.82, 2.24) is 96.5 Å². The van der Waals surface area contributed by atoms with Crippen LogP contribution in [-0.2, 0) is 0 Å². The second-order valence-corrected chi connectivity index (χ2v) is 38.8. The van der Waals surface area contributed by atoms with E-state index < -0.39 is 0 Å². The molecule has 6 rings (SSSR count). The van der Waals surface area contributed by atoms with Crippen LogP contribution in [0.4, 0.5) is 0 Å². The van der Waals surface area contributed by atoms with Crippen molar-refractivity contribution in [2.24, 2.45) is 30.6 Å². The lowest BCUT2D eigenvalue weighted by Gasteiger charge is -2.39. The monoisotopic (exact) mass is 1780 g/mol. The van der Waals surface area contributed by atoms with Crippen molar-refractivity contribution in [1.29, 1.82) is 0 Å². The Kier molecular flexibility index (Phi) is 84.9. The Bertz CT molecular complexity index is 2420. The molecule has 0 bridgehead atoms. The number of unbranched alkanes of at least 4 members (excludes halogenated alkanes) is 61. The molecule has 0 aromatic heterocycles. The predicted molar refractivity (Wildman–Crippen MR) is 551 cm³/mol. The largest absolute Gasteiger partial charge is 0.278 e. The first-order valence-corrected chi connectivity index (χ1v) is 54.8. The van der Waals surface area contributed by atoms with Crippen LogP contribution in [0.3, 0.4) is 0 Å². The fourth-order valence-electron chi connectivity index (χ4n) is 17.7. The molecule has 0 saturated carbocycles. The van der Waals surface area contributed by atoms with Crippen LogP contribution in [0.2, 0.25) is 0 Å². The topological polar surface area (TPSA) is 238 Å². The van der Waals surface area contributed by atoms with Crippen LogP contribution in [0.5, 0.6) is 0 Å². The van der Waals surface area contributed by atoms with Crippen molar-refractivity contribution in [3.63, 3.8) is 0 Å². The first kappa shape index (κ1) is 119. The Labute approximate surface area is 781 Å². The molecule has 0 saturated heterocycles. The van der Waals surface area contributed by atoms with Crippen molar-refractivity contribution >= 4 is 38.0 Å². The molecule has 6 aliphatic heterocycles. The first-order chi connectivity index (χ1) is 61.8. The minimum Gasteiger partial charge on any atom is -0.278 e. The van der Waals surface area contributed by atoms with Crippen molar-refractivity contribution in [2.75, 3.05) is 6.54 Å². The van der Waals surface area contributed by atoms with Crippen LogP contribution < -0.4 is 66.4 Å². The zero-order valence-corrected chi connectivity index (χ0v) is 85.9. The molecule has 0 fully saturated rings. The standard InChI is InChI=1S/C19H40N4.C18H38N4.2C17H36N4.C16H34N4.C15H32N4/c1-4-7-8-9-10-11-12-13-14-15-16-17-19(5-2,6-3)23-18-20-21-22-23;1-4-6-7-8-9-10-11-12-13-14-15-16-18(3,5-2)22-17-19-20-21-22;1-4-5-6-7-8-9-10-11-12-13-14-15-17(2,3)21-16-18-19-20-21;1-3-5-6-7-8-9-10-11-12-13-14-15-17(4-2)21-16-18-19-20-21;1-3-4-5-6-7-8-9-10-11-12-13-14-16(2)20-15-17-18-19-20;1-2-3-4-5-6-7-8-9-10-11-12-13-14-19-15-16-17-18-19/h18,21-22H,4-17H2,1-3H3;17,20-21H,4-16H2,1-3H3;16,19-20H,4-15H2,1-3H3;16-17,19-20H,3-15H2,1-2H3;15-16,18-19H,3-14H2,1-2H3;15,17-18H,2-14H2,1H3. The lowest BCUT2D eigenvalue weighted by molar-refractivity contribution is 0.0928. The predicted octanol–water partition coefficient (Wildman–Crippen LogP) is 28.4. The Morgan fingerprint density at radius 1 is 0.238 bits per heavy atom. The van der Waals surface area contributed by atoms with Gasteiger partial charge in [0.1, 0.15) is 38.0 Å². The average molecular weight is 1780 g/mol. The van der Waals surface area contributed by atoms with Gasteiger partial charge in [-0.25, -0.2) is 33.2 Å². The molecule has 3 atom stereocenters. The molecule has 6 aliphatic rings. The summed E-state index contributed by atoms with van der Waals surface area (Å²) in [5.41, 5.74) is 35.5. The van der Waals surface area contributed by atoms with Crippen LogP contribution in [-0.4, -0.2) is 103 Å². The van der Waals surface area contributed by atoms with Crippen LogP contribution in [0.15, 0.2) is 30.6 Å². The first-order valence-electron chi connectivity index (χ1n) is 54.8. The number of rotatable bonds is 82. The van der Waals surface area contributed by atoms with Crippen LogP contribution in [0, 0.1) is 0 Å². The number of nitrogens with one attached hydrogen (secondary N) is 12. The van der Waals surface area contributed by atoms with Gasteiger partial charge in [-0.05, 0) is 91.9 Å². The molecule has 24 nitrogen and oxygen atoms in total. The highest BCUT2D eigenvalue weighted by Gasteiger charge is 2.34. The summed E-state index contributed by atoms with van der Waals surface area (Å²) in [6.45, 7) is 32.9. The summed E-state index contributed by atoms with van der Waals surface area (Å²) in [6.07, 6.45) is 116. The third-order valence-corrected chi connectivity index (χ3v) is 27.3. The molecule has 3 unspecified atom stereocenters. The van der Waals surface area contributed by atoms with Crippen molar-refractivity contribution in [3.8, 4) is 0 Å². The molecule has 24 heteroatoms. The van der Waals surface area contributed by atoms with E-state index in [4.69, 9.17) is 0 Å². The SMILES string of the molecule is CCCCCCCCCCCCCC(C)(C)N1C=NNN1.CCCCCCCCCCCCCC(C)(CC)N1C=NNN1.CCCCCCCCCCCCCC(C)N1C=NNN1.CCCCCCCCCCCCCC(CC)(CC)N1C=NNN1.CCCCCCCCCCCCCC(CC)N1C=NNN1.CCCCCCCCCCCCCCN1C=NNN1. The number of nitrogens with zero attached hydrogens (tertiary/aromatic N) is 12. The van der Waals surface area contributed by atoms with Gasteiger partial charge < -0.3 is 0 Å². The average Bonchev–Trinajstić information content (AvgIpc) is 1.54. The third kappa shape index (κ3) is 68.4. The summed E-state index contributed by atoms with van der Waals surface area (Å²) in [5, 5.41) is 36.3. The van der Waals surface area contributed by atoms with Gasteiger partial charge in [0.25, 0.3) is 0 Å². The highest BCUT2D eigenvalue weighted by molar-refractivity contribution is 5.58. The number of hydrogen-bond acceptors (Lipinski definition) is 24. The van der Waals surface area contributed by atoms with E-state index >= 15 is 0 Å². The molecule has 126 heavy (non-hydrogen) atoms. The Hall–Kier alpha value is -4.62. The second kappa shape index (κ2) is 89.6. The zero-order valence-electron chi connectivity index (χ0n) is 85.9. The number of hydrazone groups is 6. The summed E-state index contributed by atoms with van der Waals surface area (Å²) < 4.78 is 0. The van der Waals surface area contributed by atoms with Crippen LogP contribution >= 0.6 is 0 Å². The van der Waals surface area contributed by atoms with Gasteiger partial charge in [0.15, 0.2) is 0 Å². The Morgan fingerprint density at radius 3 is 0.810 bits per heavy atom. The molecule has 12 N–H and O–H groups in total. The summed E-state index contributed by atoms with van der Waals surface area (Å²) in [7, 11) is 0. The molecule has 0 aromatic carbocycles. The molecule has 6 heterocycles. The highest BCUT2D eigenvalue weighted by atomic mass is 15.9. The van der Waals surface area contributed by atoms with Crippen molar-refractivity contribution in [3.05, 3.63) is 0 Å². The third-order valence-electron chi connectivity index (χ3n) is 27.3. The maximum Gasteiger partial charge on any atom is 0.129 e. The van der Waals surface area contributed by atoms with Gasteiger partial charge in [0, 0.05) is 18.6 Å². The van der Waals surface area contributed by atoms with Crippen molar-refractivity contribution in [2.45, 2.75) is 614 Å². The number of hydrogen-bond donors (Lipinski definition) is 12. The lowest BCUT2D eigenvalue weighted by Crippen LogP contribution is -2.53. The smallest absolute Gasteiger partial charge is 0.129 e. The van der Waals surface area contributed by atoms with E-state index in [1.54, 1.807) is 6.34 Å². The summed E-state index contributed by atoms with van der Waals surface area (Å²) in [6, 6.07) is 1.09. The zero-order chi connectivity index (χ0) is 91.5. The molecule has 0 aromatic rings. The van der Waals surface area contributed by atoms with Crippen LogP contribution in [0.25, 0.3) is 0 Å². The van der Waals surface area contributed by atoms with E-state index in [-0.39, 0.29) is 16.6 Å². The van der Waals surface area contributed by atoms with Gasteiger partial charge >= 0.3 is 0 Å². The lowest BCUT2D eigenvalue weighted by atomic mass is 9.86. The Morgan fingerprint density at radius 2 is 0.508 bits per heavy atom. The van der Waals surface area contributed by atoms with Gasteiger partial charge in [0.2, 0.25) is 0 Å². The van der Waals surface area contributed by atoms with E-state index in [1.165, 1.54) is 469 Å². The van der Waals surface area contributed by atoms with Gasteiger partial charge in [-0.2, -0.15) is 30.6 Å². The highest BCUT2D eigenvalue weighted by Crippen LogP contribution is 2.31. The summed E-state index contributed by atoms with van der Waals surface area (Å²) >= 11 is 0. The number of hydrazine groups is 12. The minimum atomic E-state index is 0.131. The summed E-state index contributed by atoms with van der Waals surface area (Å²) in [5.74, 6) is 0. The van der Waals surface area contributed by atoms with E-state index in [1.807, 2.05) is 41.7 Å². The van der Waals surface area contributed by atoms with Gasteiger partial charge in [-0.15, -0.1) is 33.2 Å². The van der Waals surface area contributed by atoms with E-state index in [2.05, 4.69) is 214 Å². The Balaban J connectivity index is 0.000000757. The van der Waals surface area contributed by atoms with Gasteiger partial charge in [-0.1, -0.05) is 493 Å². The van der Waals surface area contributed by atoms with E-state index in [9.17, 15) is 0 Å². The summed E-state index contributed by atoms with van der Waals surface area (Å²) in [4.78, 5) is 0. The quantitative estimate of drug-likeness (QED) is 0.0254. The van der Waals surface area contributed by atoms with Crippen LogP contribution in [0.1, 0.15) is 585 Å². The molecule has 0 spiro atoms. The van der Waals surface area contributed by atoms with Gasteiger partial charge in [-0.3, -0.25) is 30.1 Å². The van der Waals surface area contributed by atoms with E-state index in [0.29, 0.717) is 12.1 Å². The minimum absolute atomic E-state index is 0.131. The molecule has 744 valence electrons. The molecular formula is C102H216N24. The second-order valence-electron chi connectivity index (χ2n) is 38.8. The molecule has 0 amide bonds. The molecule has 0 radical (unpaired) electrons.